The first-order valence-corrected chi connectivity index (χ1v) is 2.33. The van der Waals surface area contributed by atoms with Crippen molar-refractivity contribution in [1.82, 2.24) is 0 Å². The van der Waals surface area contributed by atoms with E-state index in [1.807, 2.05) is 6.42 Å². The minimum atomic E-state index is 0.226. The van der Waals surface area contributed by atoms with Crippen LogP contribution in [-0.4, -0.2) is 25.4 Å². The van der Waals surface area contributed by atoms with Crippen LogP contribution in [0.25, 0.3) is 0 Å². The topological polar surface area (TPSA) is 29.5 Å². The molecule has 0 aromatic rings. The monoisotopic (exact) mass is 103 g/mol. The molecule has 0 unspecified atom stereocenters. The van der Waals surface area contributed by atoms with Crippen LogP contribution in [0.15, 0.2) is 0 Å². The van der Waals surface area contributed by atoms with Crippen LogP contribution in [0.4, 0.5) is 0 Å². The van der Waals surface area contributed by atoms with E-state index in [4.69, 9.17) is 5.11 Å². The largest absolute Gasteiger partial charge is 0.396 e. The molecule has 0 rings (SSSR count). The van der Waals surface area contributed by atoms with E-state index in [1.54, 1.807) is 7.11 Å². The molecule has 0 aromatic carbocycles. The SMILES string of the molecule is COC[CH]CCO. The number of ether oxygens (including phenoxy) is 1. The predicted molar refractivity (Wildman–Crippen MR) is 27.9 cm³/mol. The molecule has 0 heterocycles. The molecular weight excluding hydrogens is 92.1 g/mol. The molecule has 1 radical (unpaired) electrons. The summed E-state index contributed by atoms with van der Waals surface area (Å²) in [6, 6.07) is 0. The highest BCUT2D eigenvalue weighted by molar-refractivity contribution is 4.60. The van der Waals surface area contributed by atoms with Crippen molar-refractivity contribution < 1.29 is 9.84 Å². The average Bonchev–Trinajstić information content (AvgIpc) is 1.69. The zero-order chi connectivity index (χ0) is 5.54. The Bertz CT molecular complexity index is 25.3. The summed E-state index contributed by atoms with van der Waals surface area (Å²) in [6.07, 6.45) is 2.62. The fourth-order valence-corrected chi connectivity index (χ4v) is 0.292. The van der Waals surface area contributed by atoms with Gasteiger partial charge in [0.15, 0.2) is 0 Å². The van der Waals surface area contributed by atoms with E-state index in [-0.39, 0.29) is 6.61 Å². The third-order valence-electron chi connectivity index (χ3n) is 0.618. The molecule has 0 aliphatic carbocycles. The predicted octanol–water partition coefficient (Wildman–Crippen LogP) is 0.219. The third kappa shape index (κ3) is 5.92. The van der Waals surface area contributed by atoms with Crippen LogP contribution >= 0.6 is 0 Å². The summed E-state index contributed by atoms with van der Waals surface area (Å²) in [5.41, 5.74) is 0. The Morgan fingerprint density at radius 2 is 2.43 bits per heavy atom. The number of aliphatic hydroxyl groups is 1. The second-order valence-corrected chi connectivity index (χ2v) is 1.26. The van der Waals surface area contributed by atoms with E-state index >= 15 is 0 Å². The molecule has 0 aliphatic rings. The van der Waals surface area contributed by atoms with E-state index in [2.05, 4.69) is 4.74 Å². The molecule has 1 N–H and O–H groups in total. The smallest absolute Gasteiger partial charge is 0.0494 e. The van der Waals surface area contributed by atoms with Crippen molar-refractivity contribution in [2.75, 3.05) is 20.3 Å². The molecule has 2 nitrogen and oxygen atoms in total. The van der Waals surface area contributed by atoms with Crippen LogP contribution in [0.2, 0.25) is 0 Å². The van der Waals surface area contributed by atoms with Gasteiger partial charge in [-0.1, -0.05) is 0 Å². The first-order valence-electron chi connectivity index (χ1n) is 2.33. The minimum Gasteiger partial charge on any atom is -0.396 e. The van der Waals surface area contributed by atoms with Gasteiger partial charge in [0.2, 0.25) is 0 Å². The number of aliphatic hydroxyl groups excluding tert-OH is 1. The minimum absolute atomic E-state index is 0.226. The Morgan fingerprint density at radius 3 is 2.86 bits per heavy atom. The number of methoxy groups -OCH3 is 1. The summed E-state index contributed by atoms with van der Waals surface area (Å²) in [5.74, 6) is 0. The molecule has 0 amide bonds. The number of hydrogen-bond donors (Lipinski definition) is 1. The van der Waals surface area contributed by atoms with Gasteiger partial charge in [0, 0.05) is 20.3 Å². The number of unbranched alkanes of at least 4 members (excludes halogenated alkanes) is 1. The first-order chi connectivity index (χ1) is 3.41. The lowest BCUT2D eigenvalue weighted by Crippen LogP contribution is -1.91. The average molecular weight is 103 g/mol. The fraction of sp³-hybridized carbons (Fsp3) is 0.800. The van der Waals surface area contributed by atoms with E-state index < -0.39 is 0 Å². The molecule has 0 saturated carbocycles. The standard InChI is InChI=1S/C5H11O2/c1-7-5-3-2-4-6/h3,6H,2,4-5H2,1H3. The summed E-state index contributed by atoms with van der Waals surface area (Å²) < 4.78 is 4.68. The zero-order valence-electron chi connectivity index (χ0n) is 4.55. The van der Waals surface area contributed by atoms with E-state index in [0.29, 0.717) is 6.61 Å². The summed E-state index contributed by atoms with van der Waals surface area (Å²) in [7, 11) is 1.63. The van der Waals surface area contributed by atoms with Crippen molar-refractivity contribution in [3.63, 3.8) is 0 Å². The van der Waals surface area contributed by atoms with Gasteiger partial charge in [-0.15, -0.1) is 0 Å². The van der Waals surface area contributed by atoms with Crippen LogP contribution in [0.5, 0.6) is 0 Å². The Labute approximate surface area is 44.1 Å². The van der Waals surface area contributed by atoms with Gasteiger partial charge in [-0.05, 0) is 12.8 Å². The molecular formula is C5H11O2. The van der Waals surface area contributed by atoms with Gasteiger partial charge < -0.3 is 9.84 Å². The van der Waals surface area contributed by atoms with E-state index in [0.717, 1.165) is 6.42 Å². The summed E-state index contributed by atoms with van der Waals surface area (Å²) in [4.78, 5) is 0. The summed E-state index contributed by atoms with van der Waals surface area (Å²) in [6.45, 7) is 0.865. The van der Waals surface area contributed by atoms with Crippen LogP contribution in [0.3, 0.4) is 0 Å². The van der Waals surface area contributed by atoms with Gasteiger partial charge in [-0.25, -0.2) is 0 Å². The van der Waals surface area contributed by atoms with Gasteiger partial charge in [0.25, 0.3) is 0 Å². The normalized spacial score (nSPS) is 9.43. The number of rotatable bonds is 4. The Balaban J connectivity index is 2.45. The molecule has 0 spiro atoms. The third-order valence-corrected chi connectivity index (χ3v) is 0.618. The van der Waals surface area contributed by atoms with Gasteiger partial charge in [0.1, 0.15) is 0 Å². The summed E-state index contributed by atoms with van der Waals surface area (Å²) >= 11 is 0. The molecule has 0 aromatic heterocycles. The lowest BCUT2D eigenvalue weighted by Gasteiger charge is -1.92. The van der Waals surface area contributed by atoms with Gasteiger partial charge >= 0.3 is 0 Å². The molecule has 43 valence electrons. The molecule has 7 heavy (non-hydrogen) atoms. The Hall–Kier alpha value is -0.0800. The van der Waals surface area contributed by atoms with Crippen molar-refractivity contribution >= 4 is 0 Å². The van der Waals surface area contributed by atoms with Crippen molar-refractivity contribution in [1.29, 1.82) is 0 Å². The quantitative estimate of drug-likeness (QED) is 0.516. The lowest BCUT2D eigenvalue weighted by molar-refractivity contribution is 0.212. The summed E-state index contributed by atoms with van der Waals surface area (Å²) in [5, 5.41) is 8.21. The molecule has 2 heteroatoms. The Morgan fingerprint density at radius 1 is 1.71 bits per heavy atom. The van der Waals surface area contributed by atoms with E-state index in [9.17, 15) is 0 Å². The van der Waals surface area contributed by atoms with Crippen molar-refractivity contribution in [3.8, 4) is 0 Å². The second-order valence-electron chi connectivity index (χ2n) is 1.26. The van der Waals surface area contributed by atoms with Gasteiger partial charge in [-0.2, -0.15) is 0 Å². The highest BCUT2D eigenvalue weighted by Gasteiger charge is 1.81. The lowest BCUT2D eigenvalue weighted by atomic mass is 10.3. The molecule has 0 aliphatic heterocycles. The van der Waals surface area contributed by atoms with Crippen molar-refractivity contribution in [2.24, 2.45) is 0 Å². The van der Waals surface area contributed by atoms with Crippen LogP contribution in [0.1, 0.15) is 6.42 Å². The van der Waals surface area contributed by atoms with Crippen molar-refractivity contribution in [3.05, 3.63) is 6.42 Å². The maximum Gasteiger partial charge on any atom is 0.0494 e. The molecule has 0 bridgehead atoms. The number of hydrogen-bond acceptors (Lipinski definition) is 2. The van der Waals surface area contributed by atoms with Crippen molar-refractivity contribution in [2.45, 2.75) is 6.42 Å². The molecule has 0 atom stereocenters. The maximum absolute atomic E-state index is 8.21. The maximum atomic E-state index is 8.21. The highest BCUT2D eigenvalue weighted by Crippen LogP contribution is 1.82. The Kier molecular flexibility index (Phi) is 5.85. The van der Waals surface area contributed by atoms with E-state index in [1.165, 1.54) is 0 Å². The molecule has 0 fully saturated rings. The first kappa shape index (κ1) is 6.92. The van der Waals surface area contributed by atoms with Crippen LogP contribution in [0, 0.1) is 6.42 Å². The van der Waals surface area contributed by atoms with Crippen LogP contribution < -0.4 is 0 Å². The molecule has 0 saturated heterocycles. The second kappa shape index (κ2) is 5.92. The van der Waals surface area contributed by atoms with Crippen LogP contribution in [-0.2, 0) is 4.74 Å². The highest BCUT2D eigenvalue weighted by atomic mass is 16.5. The van der Waals surface area contributed by atoms with Gasteiger partial charge in [0.05, 0.1) is 0 Å². The zero-order valence-corrected chi connectivity index (χ0v) is 4.55. The van der Waals surface area contributed by atoms with Gasteiger partial charge in [-0.3, -0.25) is 0 Å². The fourth-order valence-electron chi connectivity index (χ4n) is 0.292.